The molecule has 0 aromatic heterocycles. The molecular weight excluding hydrogens is 142 g/mol. The third-order valence-electron chi connectivity index (χ3n) is 1.28. The lowest BCUT2D eigenvalue weighted by Gasteiger charge is -2.01. The molecular formula is C8H13NO2. The van der Waals surface area contributed by atoms with Crippen LogP contribution in [0, 0.1) is 0 Å². The first-order valence-corrected chi connectivity index (χ1v) is 3.05. The van der Waals surface area contributed by atoms with Crippen molar-refractivity contribution in [2.45, 2.75) is 0 Å². The minimum absolute atomic E-state index is 0. The van der Waals surface area contributed by atoms with Crippen molar-refractivity contribution < 1.29 is 9.47 Å². The summed E-state index contributed by atoms with van der Waals surface area (Å²) >= 11 is 0. The number of hydrogen-bond acceptors (Lipinski definition) is 3. The highest BCUT2D eigenvalue weighted by Gasteiger charge is 1.91. The Morgan fingerprint density at radius 1 is 1.00 bits per heavy atom. The Balaban J connectivity index is 0.000001000. The zero-order chi connectivity index (χ0) is 7.40. The molecule has 3 nitrogen and oxygen atoms in total. The Bertz CT molecular complexity index is 194. The molecule has 0 aliphatic rings. The SMILES string of the molecule is COc1cccc(OC)c1.N. The Hall–Kier alpha value is -1.22. The van der Waals surface area contributed by atoms with Gasteiger partial charge in [-0.1, -0.05) is 6.07 Å². The fourth-order valence-corrected chi connectivity index (χ4v) is 0.728. The average Bonchev–Trinajstić information content (AvgIpc) is 2.05. The fourth-order valence-electron chi connectivity index (χ4n) is 0.728. The van der Waals surface area contributed by atoms with Crippen LogP contribution < -0.4 is 15.6 Å². The summed E-state index contributed by atoms with van der Waals surface area (Å²) in [4.78, 5) is 0. The molecule has 11 heavy (non-hydrogen) atoms. The zero-order valence-corrected chi connectivity index (χ0v) is 6.83. The standard InChI is InChI=1S/C8H10O2.H3N/c1-9-7-4-3-5-8(6-7)10-2;/h3-6H,1-2H3;1H3. The number of ether oxygens (including phenoxy) is 2. The number of benzene rings is 1. The predicted molar refractivity (Wildman–Crippen MR) is 44.6 cm³/mol. The maximum Gasteiger partial charge on any atom is 0.122 e. The molecule has 0 fully saturated rings. The van der Waals surface area contributed by atoms with Crippen LogP contribution in [0.1, 0.15) is 0 Å². The third-order valence-corrected chi connectivity index (χ3v) is 1.28. The van der Waals surface area contributed by atoms with Gasteiger partial charge in [0.05, 0.1) is 14.2 Å². The largest absolute Gasteiger partial charge is 0.497 e. The minimum Gasteiger partial charge on any atom is -0.497 e. The van der Waals surface area contributed by atoms with E-state index in [-0.39, 0.29) is 6.15 Å². The van der Waals surface area contributed by atoms with Crippen molar-refractivity contribution in [3.63, 3.8) is 0 Å². The summed E-state index contributed by atoms with van der Waals surface area (Å²) < 4.78 is 9.95. The van der Waals surface area contributed by atoms with Gasteiger partial charge in [-0.15, -0.1) is 0 Å². The van der Waals surface area contributed by atoms with Crippen molar-refractivity contribution in [1.82, 2.24) is 6.15 Å². The lowest BCUT2D eigenvalue weighted by molar-refractivity contribution is 0.394. The second kappa shape index (κ2) is 4.57. The zero-order valence-electron chi connectivity index (χ0n) is 6.83. The van der Waals surface area contributed by atoms with Gasteiger partial charge >= 0.3 is 0 Å². The van der Waals surface area contributed by atoms with E-state index in [4.69, 9.17) is 9.47 Å². The summed E-state index contributed by atoms with van der Waals surface area (Å²) in [6, 6.07) is 7.47. The van der Waals surface area contributed by atoms with Crippen LogP contribution in [0.5, 0.6) is 11.5 Å². The van der Waals surface area contributed by atoms with Crippen LogP contribution in [0.4, 0.5) is 0 Å². The molecule has 62 valence electrons. The molecule has 0 atom stereocenters. The van der Waals surface area contributed by atoms with Crippen LogP contribution in [0.3, 0.4) is 0 Å². The second-order valence-corrected chi connectivity index (χ2v) is 1.88. The van der Waals surface area contributed by atoms with Gasteiger partial charge in [-0.2, -0.15) is 0 Å². The Morgan fingerprint density at radius 3 is 1.82 bits per heavy atom. The molecule has 1 aromatic rings. The van der Waals surface area contributed by atoms with E-state index in [1.54, 1.807) is 14.2 Å². The number of rotatable bonds is 2. The van der Waals surface area contributed by atoms with E-state index in [2.05, 4.69) is 0 Å². The van der Waals surface area contributed by atoms with Gasteiger partial charge in [-0.05, 0) is 12.1 Å². The van der Waals surface area contributed by atoms with Crippen LogP contribution >= 0.6 is 0 Å². The van der Waals surface area contributed by atoms with Gasteiger partial charge in [0, 0.05) is 6.07 Å². The van der Waals surface area contributed by atoms with Crippen molar-refractivity contribution in [2.75, 3.05) is 14.2 Å². The van der Waals surface area contributed by atoms with Crippen LogP contribution in [-0.2, 0) is 0 Å². The average molecular weight is 155 g/mol. The third kappa shape index (κ3) is 2.47. The lowest BCUT2D eigenvalue weighted by atomic mass is 10.3. The normalized spacial score (nSPS) is 8.18. The van der Waals surface area contributed by atoms with Crippen LogP contribution in [0.2, 0.25) is 0 Å². The molecule has 0 amide bonds. The summed E-state index contributed by atoms with van der Waals surface area (Å²) in [5.74, 6) is 1.64. The molecule has 0 spiro atoms. The maximum atomic E-state index is 4.98. The van der Waals surface area contributed by atoms with Crippen molar-refractivity contribution in [1.29, 1.82) is 0 Å². The van der Waals surface area contributed by atoms with Gasteiger partial charge in [-0.25, -0.2) is 0 Å². The fraction of sp³-hybridized carbons (Fsp3) is 0.250. The molecule has 0 heterocycles. The Labute approximate surface area is 66.5 Å². The van der Waals surface area contributed by atoms with Crippen LogP contribution in [0.25, 0.3) is 0 Å². The maximum absolute atomic E-state index is 4.98. The quantitative estimate of drug-likeness (QED) is 0.709. The van der Waals surface area contributed by atoms with E-state index < -0.39 is 0 Å². The van der Waals surface area contributed by atoms with Crippen LogP contribution in [0.15, 0.2) is 24.3 Å². The smallest absolute Gasteiger partial charge is 0.122 e. The molecule has 0 saturated carbocycles. The molecule has 0 radical (unpaired) electrons. The highest BCUT2D eigenvalue weighted by molar-refractivity contribution is 5.32. The van der Waals surface area contributed by atoms with Gasteiger partial charge in [0.25, 0.3) is 0 Å². The Kier molecular flexibility index (Phi) is 4.07. The van der Waals surface area contributed by atoms with E-state index >= 15 is 0 Å². The first-order chi connectivity index (χ1) is 4.86. The molecule has 0 aliphatic carbocycles. The molecule has 0 unspecified atom stereocenters. The van der Waals surface area contributed by atoms with Crippen molar-refractivity contribution >= 4 is 0 Å². The van der Waals surface area contributed by atoms with E-state index in [0.717, 1.165) is 11.5 Å². The van der Waals surface area contributed by atoms with E-state index in [1.807, 2.05) is 24.3 Å². The van der Waals surface area contributed by atoms with Gasteiger partial charge in [0.15, 0.2) is 0 Å². The highest BCUT2D eigenvalue weighted by Crippen LogP contribution is 2.17. The first kappa shape index (κ1) is 9.78. The van der Waals surface area contributed by atoms with Crippen molar-refractivity contribution in [2.24, 2.45) is 0 Å². The first-order valence-electron chi connectivity index (χ1n) is 3.05. The van der Waals surface area contributed by atoms with Crippen LogP contribution in [-0.4, -0.2) is 14.2 Å². The summed E-state index contributed by atoms with van der Waals surface area (Å²) in [5.41, 5.74) is 0. The molecule has 3 N–H and O–H groups in total. The molecule has 0 aliphatic heterocycles. The molecule has 0 bridgehead atoms. The van der Waals surface area contributed by atoms with E-state index in [9.17, 15) is 0 Å². The molecule has 1 aromatic carbocycles. The van der Waals surface area contributed by atoms with Gasteiger partial charge in [-0.3, -0.25) is 0 Å². The number of hydrogen-bond donors (Lipinski definition) is 1. The topological polar surface area (TPSA) is 53.5 Å². The van der Waals surface area contributed by atoms with Crippen molar-refractivity contribution in [3.05, 3.63) is 24.3 Å². The summed E-state index contributed by atoms with van der Waals surface area (Å²) in [6.07, 6.45) is 0. The minimum atomic E-state index is 0. The lowest BCUT2D eigenvalue weighted by Crippen LogP contribution is -1.84. The Morgan fingerprint density at radius 2 is 1.45 bits per heavy atom. The van der Waals surface area contributed by atoms with Gasteiger partial charge in [0.2, 0.25) is 0 Å². The highest BCUT2D eigenvalue weighted by atomic mass is 16.5. The second-order valence-electron chi connectivity index (χ2n) is 1.88. The molecule has 1 rings (SSSR count). The predicted octanol–water partition coefficient (Wildman–Crippen LogP) is 1.87. The van der Waals surface area contributed by atoms with E-state index in [1.165, 1.54) is 0 Å². The summed E-state index contributed by atoms with van der Waals surface area (Å²) in [5, 5.41) is 0. The number of methoxy groups -OCH3 is 2. The van der Waals surface area contributed by atoms with Gasteiger partial charge in [0.1, 0.15) is 11.5 Å². The monoisotopic (exact) mass is 155 g/mol. The van der Waals surface area contributed by atoms with E-state index in [0.29, 0.717) is 0 Å². The van der Waals surface area contributed by atoms with Crippen molar-refractivity contribution in [3.8, 4) is 11.5 Å². The van der Waals surface area contributed by atoms with Gasteiger partial charge < -0.3 is 15.6 Å². The summed E-state index contributed by atoms with van der Waals surface area (Å²) in [7, 11) is 3.27. The summed E-state index contributed by atoms with van der Waals surface area (Å²) in [6.45, 7) is 0. The molecule has 0 saturated heterocycles. The molecule has 3 heteroatoms.